The van der Waals surface area contributed by atoms with Crippen molar-refractivity contribution in [2.24, 2.45) is 0 Å². The lowest BCUT2D eigenvalue weighted by atomic mass is 9.90. The molecule has 2 aromatic carbocycles. The van der Waals surface area contributed by atoms with Gasteiger partial charge < -0.3 is 15.5 Å². The second-order valence-electron chi connectivity index (χ2n) is 9.46. The number of likely N-dealkylation sites (tertiary alicyclic amines) is 1. The van der Waals surface area contributed by atoms with Crippen molar-refractivity contribution < 1.29 is 9.59 Å². The predicted molar refractivity (Wildman–Crippen MR) is 133 cm³/mol. The second-order valence-corrected chi connectivity index (χ2v) is 9.46. The summed E-state index contributed by atoms with van der Waals surface area (Å²) in [6, 6.07) is 15.2. The van der Waals surface area contributed by atoms with Crippen LogP contribution in [0.15, 0.2) is 42.5 Å². The molecule has 1 aliphatic carbocycles. The van der Waals surface area contributed by atoms with Gasteiger partial charge in [-0.1, -0.05) is 49.4 Å². The van der Waals surface area contributed by atoms with Crippen LogP contribution < -0.4 is 10.6 Å². The Morgan fingerprint density at radius 3 is 2.52 bits per heavy atom. The van der Waals surface area contributed by atoms with Crippen LogP contribution in [0.5, 0.6) is 0 Å². The number of benzene rings is 2. The number of amides is 2. The number of aryl methyl sites for hydroxylation is 1. The van der Waals surface area contributed by atoms with E-state index in [2.05, 4.69) is 58.9 Å². The summed E-state index contributed by atoms with van der Waals surface area (Å²) in [5, 5.41) is 6.19. The van der Waals surface area contributed by atoms with Crippen molar-refractivity contribution in [3.05, 3.63) is 59.2 Å². The molecule has 1 aliphatic heterocycles. The van der Waals surface area contributed by atoms with Crippen LogP contribution in [0.2, 0.25) is 0 Å². The average Bonchev–Trinajstić information content (AvgIpc) is 3.16. The van der Waals surface area contributed by atoms with Gasteiger partial charge in [-0.15, -0.1) is 0 Å². The highest BCUT2D eigenvalue weighted by Gasteiger charge is 2.35. The lowest BCUT2D eigenvalue weighted by Crippen LogP contribution is -2.44. The van der Waals surface area contributed by atoms with Crippen LogP contribution in [0, 0.1) is 0 Å². The van der Waals surface area contributed by atoms with Crippen molar-refractivity contribution in [3.8, 4) is 11.1 Å². The van der Waals surface area contributed by atoms with E-state index in [-0.39, 0.29) is 17.7 Å². The third-order valence-corrected chi connectivity index (χ3v) is 7.02. The number of hydrogen-bond acceptors (Lipinski definition) is 3. The molecule has 0 aromatic heterocycles. The first kappa shape index (κ1) is 23.5. The molecule has 0 radical (unpaired) electrons. The first-order valence-corrected chi connectivity index (χ1v) is 12.6. The highest BCUT2D eigenvalue weighted by atomic mass is 16.2. The normalized spacial score (nSPS) is 17.9. The Morgan fingerprint density at radius 1 is 1.00 bits per heavy atom. The Labute approximate surface area is 197 Å². The van der Waals surface area contributed by atoms with E-state index in [0.29, 0.717) is 12.6 Å². The maximum atomic E-state index is 13.2. The standard InChI is InChI=1S/C28H37N3O2/c1-3-16-29-28(33)27-25-12-5-4-11-23(25)24-13-8-10-21(26(24)27)9-6-7-17-31-18-14-22(15-19-31)30-20(2)32/h4-5,8,10-13,22,27H,3,6-7,9,14-19H2,1-2H3,(H,29,33)(H,30,32). The van der Waals surface area contributed by atoms with E-state index >= 15 is 0 Å². The molecule has 33 heavy (non-hydrogen) atoms. The third-order valence-electron chi connectivity index (χ3n) is 7.02. The van der Waals surface area contributed by atoms with Crippen LogP contribution in [0.25, 0.3) is 11.1 Å². The smallest absolute Gasteiger partial charge is 0.232 e. The highest BCUT2D eigenvalue weighted by Crippen LogP contribution is 2.46. The number of unbranched alkanes of at least 4 members (excludes halogenated alkanes) is 1. The molecule has 2 aromatic rings. The number of hydrogen-bond donors (Lipinski definition) is 2. The molecule has 2 aliphatic rings. The van der Waals surface area contributed by atoms with Crippen molar-refractivity contribution in [1.82, 2.24) is 15.5 Å². The number of piperidine rings is 1. The quantitative estimate of drug-likeness (QED) is 0.565. The second kappa shape index (κ2) is 11.0. The zero-order valence-corrected chi connectivity index (χ0v) is 20.0. The fraction of sp³-hybridized carbons (Fsp3) is 0.500. The SMILES string of the molecule is CCCNC(=O)C1c2ccccc2-c2cccc(CCCCN3CCC(NC(C)=O)CC3)c21. The van der Waals surface area contributed by atoms with Crippen molar-refractivity contribution in [3.63, 3.8) is 0 Å². The summed E-state index contributed by atoms with van der Waals surface area (Å²) in [6.45, 7) is 7.62. The Hall–Kier alpha value is -2.66. The fourth-order valence-electron chi connectivity index (χ4n) is 5.42. The molecule has 0 saturated carbocycles. The number of carbonyl (C=O) groups is 2. The zero-order chi connectivity index (χ0) is 23.2. The zero-order valence-electron chi connectivity index (χ0n) is 20.0. The van der Waals surface area contributed by atoms with Crippen LogP contribution >= 0.6 is 0 Å². The van der Waals surface area contributed by atoms with Crippen molar-refractivity contribution in [2.75, 3.05) is 26.2 Å². The van der Waals surface area contributed by atoms with Gasteiger partial charge in [0.15, 0.2) is 0 Å². The number of nitrogens with one attached hydrogen (secondary N) is 2. The van der Waals surface area contributed by atoms with Gasteiger partial charge in [0.1, 0.15) is 0 Å². The first-order chi connectivity index (χ1) is 16.1. The maximum absolute atomic E-state index is 13.2. The van der Waals surface area contributed by atoms with Gasteiger partial charge in [0.05, 0.1) is 5.92 Å². The summed E-state index contributed by atoms with van der Waals surface area (Å²) in [5.41, 5.74) is 6.08. The molecular formula is C28H37N3O2. The van der Waals surface area contributed by atoms with E-state index in [1.165, 1.54) is 22.3 Å². The Bertz CT molecular complexity index is 979. The van der Waals surface area contributed by atoms with Gasteiger partial charge in [-0.05, 0) is 72.9 Å². The van der Waals surface area contributed by atoms with Crippen LogP contribution in [0.1, 0.15) is 68.6 Å². The molecule has 1 fully saturated rings. The molecule has 5 heteroatoms. The highest BCUT2D eigenvalue weighted by molar-refractivity contribution is 5.96. The summed E-state index contributed by atoms with van der Waals surface area (Å²) in [5.74, 6) is -0.00281. The molecule has 5 nitrogen and oxygen atoms in total. The fourth-order valence-corrected chi connectivity index (χ4v) is 5.42. The number of rotatable bonds is 9. The molecule has 1 heterocycles. The van der Waals surface area contributed by atoms with E-state index in [4.69, 9.17) is 0 Å². The molecule has 0 spiro atoms. The largest absolute Gasteiger partial charge is 0.355 e. The average molecular weight is 448 g/mol. The van der Waals surface area contributed by atoms with Gasteiger partial charge in [-0.25, -0.2) is 0 Å². The number of fused-ring (bicyclic) bond motifs is 3. The van der Waals surface area contributed by atoms with E-state index in [1.807, 2.05) is 6.07 Å². The molecule has 1 unspecified atom stereocenters. The summed E-state index contributed by atoms with van der Waals surface area (Å²) in [6.07, 6.45) is 6.28. The molecule has 0 bridgehead atoms. The molecule has 176 valence electrons. The first-order valence-electron chi connectivity index (χ1n) is 12.6. The van der Waals surface area contributed by atoms with Gasteiger partial charge in [0.25, 0.3) is 0 Å². The predicted octanol–water partition coefficient (Wildman–Crippen LogP) is 4.25. The van der Waals surface area contributed by atoms with E-state index < -0.39 is 0 Å². The molecule has 2 N–H and O–H groups in total. The molecule has 4 rings (SSSR count). The molecule has 2 amide bonds. The van der Waals surface area contributed by atoms with Crippen LogP contribution in [-0.4, -0.2) is 48.9 Å². The van der Waals surface area contributed by atoms with Gasteiger partial charge in [-0.3, -0.25) is 9.59 Å². The van der Waals surface area contributed by atoms with Crippen LogP contribution in [0.4, 0.5) is 0 Å². The van der Waals surface area contributed by atoms with Crippen LogP contribution in [0.3, 0.4) is 0 Å². The number of carbonyl (C=O) groups excluding carboxylic acids is 2. The van der Waals surface area contributed by atoms with Crippen molar-refractivity contribution >= 4 is 11.8 Å². The lowest BCUT2D eigenvalue weighted by Gasteiger charge is -2.32. The minimum atomic E-state index is -0.202. The molecular weight excluding hydrogens is 410 g/mol. The van der Waals surface area contributed by atoms with E-state index in [1.54, 1.807) is 6.92 Å². The monoisotopic (exact) mass is 447 g/mol. The van der Waals surface area contributed by atoms with Gasteiger partial charge >= 0.3 is 0 Å². The Kier molecular flexibility index (Phi) is 7.81. The summed E-state index contributed by atoms with van der Waals surface area (Å²) in [4.78, 5) is 26.9. The Balaban J connectivity index is 1.38. The Morgan fingerprint density at radius 2 is 1.76 bits per heavy atom. The third kappa shape index (κ3) is 5.47. The molecule has 1 saturated heterocycles. The maximum Gasteiger partial charge on any atom is 0.232 e. The topological polar surface area (TPSA) is 61.4 Å². The van der Waals surface area contributed by atoms with Crippen LogP contribution in [-0.2, 0) is 16.0 Å². The molecule has 1 atom stereocenters. The lowest BCUT2D eigenvalue weighted by molar-refractivity contribution is -0.122. The van der Waals surface area contributed by atoms with Gasteiger partial charge in [0, 0.05) is 32.6 Å². The minimum absolute atomic E-state index is 0.0765. The van der Waals surface area contributed by atoms with Gasteiger partial charge in [-0.2, -0.15) is 0 Å². The van der Waals surface area contributed by atoms with E-state index in [9.17, 15) is 9.59 Å². The van der Waals surface area contributed by atoms with Crippen molar-refractivity contribution in [2.45, 2.75) is 64.3 Å². The van der Waals surface area contributed by atoms with Crippen molar-refractivity contribution in [1.29, 1.82) is 0 Å². The van der Waals surface area contributed by atoms with Gasteiger partial charge in [0.2, 0.25) is 11.8 Å². The van der Waals surface area contributed by atoms with E-state index in [0.717, 1.165) is 63.7 Å². The summed E-state index contributed by atoms with van der Waals surface area (Å²) in [7, 11) is 0. The summed E-state index contributed by atoms with van der Waals surface area (Å²) < 4.78 is 0. The number of nitrogens with zero attached hydrogens (tertiary/aromatic N) is 1. The summed E-state index contributed by atoms with van der Waals surface area (Å²) >= 11 is 0. The minimum Gasteiger partial charge on any atom is -0.355 e.